The molecule has 0 bridgehead atoms. The Labute approximate surface area is 180 Å². The molecule has 0 fully saturated rings. The molecule has 7 heteroatoms. The molecule has 1 atom stereocenters. The van der Waals surface area contributed by atoms with E-state index in [-0.39, 0.29) is 16.7 Å². The number of aromatic nitrogens is 1. The first kappa shape index (κ1) is 20.4. The Balaban J connectivity index is 1.76. The van der Waals surface area contributed by atoms with Crippen molar-refractivity contribution in [2.24, 2.45) is 0 Å². The molecule has 1 aliphatic rings. The SMILES string of the molecule is CCOc1cccc(CN2CCCn3cccc3[C@H]2c2cc([N+](=O)[O-])ccc2Cl)c1. The van der Waals surface area contributed by atoms with E-state index in [1.165, 1.54) is 6.07 Å². The molecule has 1 aliphatic heterocycles. The maximum atomic E-state index is 11.4. The van der Waals surface area contributed by atoms with Crippen LogP contribution < -0.4 is 4.74 Å². The average Bonchev–Trinajstić information content (AvgIpc) is 3.11. The van der Waals surface area contributed by atoms with Crippen molar-refractivity contribution in [1.82, 2.24) is 9.47 Å². The van der Waals surface area contributed by atoms with Crippen molar-refractivity contribution in [3.63, 3.8) is 0 Å². The summed E-state index contributed by atoms with van der Waals surface area (Å²) < 4.78 is 7.88. The molecule has 0 radical (unpaired) electrons. The highest BCUT2D eigenvalue weighted by atomic mass is 35.5. The normalized spacial score (nSPS) is 16.7. The first-order valence-electron chi connectivity index (χ1n) is 10.1. The van der Waals surface area contributed by atoms with Crippen LogP contribution >= 0.6 is 11.6 Å². The van der Waals surface area contributed by atoms with E-state index >= 15 is 0 Å². The van der Waals surface area contributed by atoms with Crippen molar-refractivity contribution in [2.75, 3.05) is 13.2 Å². The fourth-order valence-electron chi connectivity index (χ4n) is 4.15. The van der Waals surface area contributed by atoms with E-state index in [4.69, 9.17) is 16.3 Å². The third-order valence-corrected chi connectivity index (χ3v) is 5.78. The van der Waals surface area contributed by atoms with Crippen molar-refractivity contribution >= 4 is 17.3 Å². The predicted molar refractivity (Wildman–Crippen MR) is 117 cm³/mol. The van der Waals surface area contributed by atoms with E-state index < -0.39 is 0 Å². The average molecular weight is 426 g/mol. The molecule has 0 amide bonds. The Morgan fingerprint density at radius 2 is 2.03 bits per heavy atom. The number of nitro benzene ring substituents is 1. The zero-order valence-electron chi connectivity index (χ0n) is 16.8. The summed E-state index contributed by atoms with van der Waals surface area (Å²) in [5.74, 6) is 0.845. The number of aryl methyl sites for hydroxylation is 1. The number of rotatable bonds is 6. The number of nitrogens with zero attached hydrogens (tertiary/aromatic N) is 3. The lowest BCUT2D eigenvalue weighted by atomic mass is 10.00. The summed E-state index contributed by atoms with van der Waals surface area (Å²) in [5, 5.41) is 11.9. The van der Waals surface area contributed by atoms with Crippen LogP contribution in [0, 0.1) is 10.1 Å². The number of nitro groups is 1. The van der Waals surface area contributed by atoms with Gasteiger partial charge in [0, 0.05) is 54.2 Å². The lowest BCUT2D eigenvalue weighted by molar-refractivity contribution is -0.384. The van der Waals surface area contributed by atoms with Gasteiger partial charge in [-0.3, -0.25) is 15.0 Å². The number of non-ortho nitro benzene ring substituents is 1. The second kappa shape index (κ2) is 8.90. The maximum Gasteiger partial charge on any atom is 0.269 e. The highest BCUT2D eigenvalue weighted by Gasteiger charge is 2.30. The van der Waals surface area contributed by atoms with Crippen LogP contribution in [0.4, 0.5) is 5.69 Å². The van der Waals surface area contributed by atoms with Gasteiger partial charge in [0.25, 0.3) is 5.69 Å². The number of fused-ring (bicyclic) bond motifs is 1. The summed E-state index contributed by atoms with van der Waals surface area (Å²) in [4.78, 5) is 13.4. The minimum atomic E-state index is -0.370. The molecule has 4 rings (SSSR count). The van der Waals surface area contributed by atoms with Crippen molar-refractivity contribution in [3.8, 4) is 5.75 Å². The first-order chi connectivity index (χ1) is 14.6. The van der Waals surface area contributed by atoms with Gasteiger partial charge in [0.2, 0.25) is 0 Å². The molecule has 0 unspecified atom stereocenters. The highest BCUT2D eigenvalue weighted by Crippen LogP contribution is 2.38. The molecule has 0 saturated heterocycles. The largest absolute Gasteiger partial charge is 0.494 e. The molecule has 2 aromatic carbocycles. The lowest BCUT2D eigenvalue weighted by Crippen LogP contribution is -2.29. The van der Waals surface area contributed by atoms with Crippen LogP contribution in [0.1, 0.15) is 36.2 Å². The van der Waals surface area contributed by atoms with Gasteiger partial charge < -0.3 is 9.30 Å². The molecular formula is C23H24ClN3O3. The van der Waals surface area contributed by atoms with E-state index in [0.29, 0.717) is 18.2 Å². The summed E-state index contributed by atoms with van der Waals surface area (Å²) in [5.41, 5.74) is 3.03. The van der Waals surface area contributed by atoms with Gasteiger partial charge >= 0.3 is 0 Å². The van der Waals surface area contributed by atoms with Gasteiger partial charge in [-0.05, 0) is 49.2 Å². The molecule has 6 nitrogen and oxygen atoms in total. The lowest BCUT2D eigenvalue weighted by Gasteiger charge is -2.31. The van der Waals surface area contributed by atoms with Gasteiger partial charge in [0.05, 0.1) is 17.6 Å². The zero-order valence-corrected chi connectivity index (χ0v) is 17.6. The van der Waals surface area contributed by atoms with E-state index in [0.717, 1.165) is 42.1 Å². The summed E-state index contributed by atoms with van der Waals surface area (Å²) in [6.07, 6.45) is 3.04. The molecular weight excluding hydrogens is 402 g/mol. The van der Waals surface area contributed by atoms with Crippen LogP contribution in [0.25, 0.3) is 0 Å². The van der Waals surface area contributed by atoms with Crippen LogP contribution in [-0.4, -0.2) is 27.5 Å². The van der Waals surface area contributed by atoms with Crippen LogP contribution in [0.15, 0.2) is 60.8 Å². The van der Waals surface area contributed by atoms with Crippen molar-refractivity contribution in [3.05, 3.63) is 92.8 Å². The topological polar surface area (TPSA) is 60.5 Å². The molecule has 1 aromatic heterocycles. The fourth-order valence-corrected chi connectivity index (χ4v) is 4.38. The highest BCUT2D eigenvalue weighted by molar-refractivity contribution is 6.31. The van der Waals surface area contributed by atoms with Gasteiger partial charge in [0.1, 0.15) is 5.75 Å². The monoisotopic (exact) mass is 425 g/mol. The Hall–Kier alpha value is -2.83. The van der Waals surface area contributed by atoms with E-state index in [1.807, 2.05) is 25.1 Å². The van der Waals surface area contributed by atoms with Crippen LogP contribution in [0.2, 0.25) is 5.02 Å². The minimum absolute atomic E-state index is 0.0510. The standard InChI is InChI=1S/C23H24ClN3O3/c1-2-30-19-7-3-6-17(14-19)16-26-13-5-12-25-11-4-8-22(25)23(26)20-15-18(27(28)29)9-10-21(20)24/h3-4,6-11,14-15,23H,2,5,12-13,16H2,1H3/t23-/m1/s1. The predicted octanol–water partition coefficient (Wildman–Crippen LogP) is 5.44. The molecule has 0 spiro atoms. The molecule has 2 heterocycles. The third kappa shape index (κ3) is 4.20. The Morgan fingerprint density at radius 3 is 2.83 bits per heavy atom. The van der Waals surface area contributed by atoms with E-state index in [9.17, 15) is 10.1 Å². The third-order valence-electron chi connectivity index (χ3n) is 5.43. The first-order valence-corrected chi connectivity index (χ1v) is 10.5. The Bertz CT molecular complexity index is 1050. The second-order valence-electron chi connectivity index (χ2n) is 7.40. The summed E-state index contributed by atoms with van der Waals surface area (Å²) in [6.45, 7) is 5.03. The van der Waals surface area contributed by atoms with Crippen LogP contribution in [0.3, 0.4) is 0 Å². The van der Waals surface area contributed by atoms with Crippen molar-refractivity contribution in [2.45, 2.75) is 32.5 Å². The maximum absolute atomic E-state index is 11.4. The summed E-state index contributed by atoms with van der Waals surface area (Å²) in [7, 11) is 0. The summed E-state index contributed by atoms with van der Waals surface area (Å²) in [6, 6.07) is 16.7. The molecule has 0 N–H and O–H groups in total. The minimum Gasteiger partial charge on any atom is -0.494 e. The van der Waals surface area contributed by atoms with Crippen molar-refractivity contribution < 1.29 is 9.66 Å². The van der Waals surface area contributed by atoms with Crippen molar-refractivity contribution in [1.29, 1.82) is 0 Å². The number of hydrogen-bond donors (Lipinski definition) is 0. The van der Waals surface area contributed by atoms with Gasteiger partial charge in [-0.2, -0.15) is 0 Å². The fraction of sp³-hybridized carbons (Fsp3) is 0.304. The van der Waals surface area contributed by atoms with Crippen LogP contribution in [-0.2, 0) is 13.1 Å². The number of benzene rings is 2. The Kier molecular flexibility index (Phi) is 6.06. The summed E-state index contributed by atoms with van der Waals surface area (Å²) >= 11 is 6.58. The van der Waals surface area contributed by atoms with Gasteiger partial charge in [-0.25, -0.2) is 0 Å². The number of hydrogen-bond acceptors (Lipinski definition) is 4. The molecule has 0 saturated carbocycles. The van der Waals surface area contributed by atoms with Gasteiger partial charge in [-0.15, -0.1) is 0 Å². The quantitative estimate of drug-likeness (QED) is 0.389. The molecule has 30 heavy (non-hydrogen) atoms. The van der Waals surface area contributed by atoms with Gasteiger partial charge in [0.15, 0.2) is 0 Å². The number of halogens is 1. The molecule has 156 valence electrons. The smallest absolute Gasteiger partial charge is 0.269 e. The second-order valence-corrected chi connectivity index (χ2v) is 7.80. The molecule has 3 aromatic rings. The van der Waals surface area contributed by atoms with E-state index in [1.54, 1.807) is 12.1 Å². The number of ether oxygens (including phenoxy) is 1. The van der Waals surface area contributed by atoms with Crippen LogP contribution in [0.5, 0.6) is 5.75 Å². The Morgan fingerprint density at radius 1 is 1.17 bits per heavy atom. The van der Waals surface area contributed by atoms with Gasteiger partial charge in [-0.1, -0.05) is 23.7 Å². The van der Waals surface area contributed by atoms with E-state index in [2.05, 4.69) is 33.9 Å². The zero-order chi connectivity index (χ0) is 21.1. The molecule has 0 aliphatic carbocycles.